The largest absolute Gasteiger partial charge is 0.590 e. The second kappa shape index (κ2) is 16.5. The molecule has 2 unspecified atom stereocenters. The van der Waals surface area contributed by atoms with E-state index in [1.54, 1.807) is 0 Å². The molecule has 2 atom stereocenters. The third-order valence-electron chi connectivity index (χ3n) is 6.34. The van der Waals surface area contributed by atoms with Gasteiger partial charge in [0, 0.05) is 12.8 Å². The van der Waals surface area contributed by atoms with Gasteiger partial charge in [-0.3, -0.25) is 4.48 Å². The van der Waals surface area contributed by atoms with Crippen molar-refractivity contribution in [1.82, 2.24) is 0 Å². The lowest BCUT2D eigenvalue weighted by molar-refractivity contribution is -0.910. The first-order valence-corrected chi connectivity index (χ1v) is 13.1. The zero-order valence-corrected chi connectivity index (χ0v) is 20.6. The summed E-state index contributed by atoms with van der Waals surface area (Å²) in [6.45, 7) is 4.11. The van der Waals surface area contributed by atoms with Gasteiger partial charge in [-0.15, -0.1) is 0 Å². The van der Waals surface area contributed by atoms with Crippen LogP contribution >= 0.6 is 8.03 Å². The van der Waals surface area contributed by atoms with E-state index in [0.29, 0.717) is 10.9 Å². The molecule has 0 saturated heterocycles. The van der Waals surface area contributed by atoms with Gasteiger partial charge in [-0.05, 0) is 26.2 Å². The number of hydrogen-bond acceptors (Lipinski definition) is 2. The molecule has 28 heavy (non-hydrogen) atoms. The molecule has 0 aromatic carbocycles. The Hall–Kier alpha value is -0.240. The molecular formula is C24H49NO2P+. The number of allylic oxidation sites excluding steroid dienone is 2. The van der Waals surface area contributed by atoms with Crippen LogP contribution in [0.5, 0.6) is 0 Å². The van der Waals surface area contributed by atoms with E-state index in [-0.39, 0.29) is 0 Å². The van der Waals surface area contributed by atoms with E-state index in [2.05, 4.69) is 19.1 Å². The quantitative estimate of drug-likeness (QED) is 0.0960. The first-order valence-electron chi connectivity index (χ1n) is 11.9. The molecule has 0 fully saturated rings. The van der Waals surface area contributed by atoms with Gasteiger partial charge in [0.15, 0.2) is 0 Å². The number of rotatable bonds is 19. The molecule has 0 heterocycles. The Morgan fingerprint density at radius 1 is 0.786 bits per heavy atom. The second-order valence-electron chi connectivity index (χ2n) is 9.31. The molecule has 0 amide bonds. The minimum absolute atomic E-state index is 0.512. The van der Waals surface area contributed by atoms with Crippen molar-refractivity contribution in [3.8, 4) is 0 Å². The van der Waals surface area contributed by atoms with Crippen molar-refractivity contribution < 1.29 is 13.9 Å². The minimum atomic E-state index is -2.41. The van der Waals surface area contributed by atoms with Crippen molar-refractivity contribution in [2.24, 2.45) is 0 Å². The van der Waals surface area contributed by atoms with Crippen LogP contribution in [0.4, 0.5) is 0 Å². The smallest absolute Gasteiger partial charge is 0.376 e. The van der Waals surface area contributed by atoms with Gasteiger partial charge in [-0.25, -0.2) is 0 Å². The normalized spacial score (nSPS) is 15.1. The van der Waals surface area contributed by atoms with Crippen molar-refractivity contribution in [2.45, 2.75) is 122 Å². The van der Waals surface area contributed by atoms with Gasteiger partial charge in [0.2, 0.25) is 0 Å². The van der Waals surface area contributed by atoms with Crippen LogP contribution in [-0.2, 0) is 4.57 Å². The van der Waals surface area contributed by atoms with E-state index in [1.807, 2.05) is 28.1 Å². The SMILES string of the molecule is CC=CCCCCCCCCCCCCCCCC(CC)([P+](=O)[O-])[N+](C)(C)C. The molecule has 0 aromatic heterocycles. The first-order chi connectivity index (χ1) is 13.3. The molecule has 0 radical (unpaired) electrons. The van der Waals surface area contributed by atoms with Gasteiger partial charge in [0.05, 0.1) is 21.1 Å². The number of nitrogens with zero attached hydrogens (tertiary/aromatic N) is 1. The van der Waals surface area contributed by atoms with Crippen molar-refractivity contribution in [1.29, 1.82) is 0 Å². The summed E-state index contributed by atoms with van der Waals surface area (Å²) in [7, 11) is 3.63. The fraction of sp³-hybridized carbons (Fsp3) is 0.917. The summed E-state index contributed by atoms with van der Waals surface area (Å²) in [5.41, 5.74) is 0. The summed E-state index contributed by atoms with van der Waals surface area (Å²) in [5, 5.41) is -0.595. The lowest BCUT2D eigenvalue weighted by atomic mass is 10.0. The average Bonchev–Trinajstić information content (AvgIpc) is 2.63. The molecule has 0 saturated carbocycles. The van der Waals surface area contributed by atoms with Crippen LogP contribution in [0.15, 0.2) is 12.2 Å². The molecule has 3 nitrogen and oxygen atoms in total. The molecule has 0 rings (SSSR count). The molecule has 0 bridgehead atoms. The van der Waals surface area contributed by atoms with E-state index in [4.69, 9.17) is 0 Å². The highest BCUT2D eigenvalue weighted by Gasteiger charge is 2.52. The average molecular weight is 415 g/mol. The lowest BCUT2D eigenvalue weighted by Crippen LogP contribution is -2.55. The maximum absolute atomic E-state index is 11.9. The van der Waals surface area contributed by atoms with Gasteiger partial charge in [-0.2, -0.15) is 0 Å². The van der Waals surface area contributed by atoms with Gasteiger partial charge in [-0.1, -0.05) is 94.3 Å². The number of unbranched alkanes of at least 4 members (excludes halogenated alkanes) is 13. The van der Waals surface area contributed by atoms with Crippen molar-refractivity contribution in [3.05, 3.63) is 12.2 Å². The summed E-state index contributed by atoms with van der Waals surface area (Å²) in [6, 6.07) is 0. The predicted octanol–water partition coefficient (Wildman–Crippen LogP) is 7.33. The van der Waals surface area contributed by atoms with E-state index in [9.17, 15) is 9.46 Å². The zero-order valence-electron chi connectivity index (χ0n) is 19.7. The van der Waals surface area contributed by atoms with Crippen LogP contribution in [0.1, 0.15) is 117 Å². The minimum Gasteiger partial charge on any atom is -0.590 e. The summed E-state index contributed by atoms with van der Waals surface area (Å²) >= 11 is 0. The first kappa shape index (κ1) is 27.8. The monoisotopic (exact) mass is 414 g/mol. The Balaban J connectivity index is 3.58. The maximum atomic E-state index is 11.9. The van der Waals surface area contributed by atoms with E-state index in [0.717, 1.165) is 19.3 Å². The van der Waals surface area contributed by atoms with Crippen molar-refractivity contribution in [3.63, 3.8) is 0 Å². The molecular weight excluding hydrogens is 365 g/mol. The molecule has 0 aromatic rings. The van der Waals surface area contributed by atoms with E-state index >= 15 is 0 Å². The Kier molecular flexibility index (Phi) is 16.4. The highest BCUT2D eigenvalue weighted by Crippen LogP contribution is 2.44. The van der Waals surface area contributed by atoms with Gasteiger partial charge >= 0.3 is 8.03 Å². The van der Waals surface area contributed by atoms with Crippen LogP contribution in [0.2, 0.25) is 0 Å². The Labute approximate surface area is 177 Å². The third kappa shape index (κ3) is 11.7. The van der Waals surface area contributed by atoms with Crippen LogP contribution < -0.4 is 4.89 Å². The van der Waals surface area contributed by atoms with Crippen LogP contribution in [-0.4, -0.2) is 30.9 Å². The van der Waals surface area contributed by atoms with Crippen LogP contribution in [0.3, 0.4) is 0 Å². The summed E-state index contributed by atoms with van der Waals surface area (Å²) in [6.07, 6.45) is 24.4. The lowest BCUT2D eigenvalue weighted by Gasteiger charge is -2.39. The highest BCUT2D eigenvalue weighted by atomic mass is 31.1. The number of quaternary nitrogens is 1. The second-order valence-corrected chi connectivity index (χ2v) is 10.7. The molecule has 0 aliphatic heterocycles. The van der Waals surface area contributed by atoms with Gasteiger partial charge in [0.1, 0.15) is 0 Å². The molecule has 0 aliphatic carbocycles. The van der Waals surface area contributed by atoms with E-state index in [1.165, 1.54) is 77.0 Å². The topological polar surface area (TPSA) is 40.1 Å². The maximum Gasteiger partial charge on any atom is 0.376 e. The Bertz CT molecular complexity index is 417. The van der Waals surface area contributed by atoms with Crippen LogP contribution in [0.25, 0.3) is 0 Å². The summed E-state index contributed by atoms with van der Waals surface area (Å²) in [4.78, 5) is 11.9. The van der Waals surface area contributed by atoms with Gasteiger partial charge < -0.3 is 4.89 Å². The molecule has 166 valence electrons. The van der Waals surface area contributed by atoms with E-state index < -0.39 is 13.3 Å². The zero-order chi connectivity index (χ0) is 21.3. The summed E-state index contributed by atoms with van der Waals surface area (Å²) < 4.78 is 12.4. The highest BCUT2D eigenvalue weighted by molar-refractivity contribution is 7.38. The van der Waals surface area contributed by atoms with Gasteiger partial charge in [0.25, 0.3) is 5.28 Å². The Morgan fingerprint density at radius 2 is 1.18 bits per heavy atom. The molecule has 0 spiro atoms. The molecule has 0 aliphatic rings. The third-order valence-corrected chi connectivity index (χ3v) is 8.16. The molecule has 4 heteroatoms. The molecule has 0 N–H and O–H groups in total. The predicted molar refractivity (Wildman–Crippen MR) is 123 cm³/mol. The van der Waals surface area contributed by atoms with Crippen molar-refractivity contribution >= 4 is 8.03 Å². The fourth-order valence-electron chi connectivity index (χ4n) is 4.23. The summed E-state index contributed by atoms with van der Waals surface area (Å²) in [5.74, 6) is 0. The van der Waals surface area contributed by atoms with Crippen LogP contribution in [0, 0.1) is 0 Å². The van der Waals surface area contributed by atoms with Crippen molar-refractivity contribution in [2.75, 3.05) is 21.1 Å². The fourth-order valence-corrected chi connectivity index (χ4v) is 5.32. The standard InChI is InChI=1S/C24H49NO2P/c1-6-8-9-10-11-12-13-14-15-16-17-18-19-20-21-22-23-24(7-2,28(26)27)25(3,4)5/h6,8H,7,9-23H2,1-5H3/q+1. The number of hydrogen-bond donors (Lipinski definition) is 0. The Morgan fingerprint density at radius 3 is 1.50 bits per heavy atom.